The molecule has 21 heavy (non-hydrogen) atoms. The van der Waals surface area contributed by atoms with Crippen LogP contribution < -0.4 is 5.32 Å². The maximum atomic E-state index is 12.6. The summed E-state index contributed by atoms with van der Waals surface area (Å²) >= 11 is 1.77. The predicted octanol–water partition coefficient (Wildman–Crippen LogP) is 3.45. The van der Waals surface area contributed by atoms with Crippen LogP contribution in [0.5, 0.6) is 0 Å². The maximum Gasteiger partial charge on any atom is 0.224 e. The molecule has 0 aliphatic heterocycles. The van der Waals surface area contributed by atoms with Crippen molar-refractivity contribution in [2.24, 2.45) is 0 Å². The lowest BCUT2D eigenvalue weighted by Gasteiger charge is -2.38. The molecule has 3 nitrogen and oxygen atoms in total. The number of carbonyl (C=O) groups excluding carboxylic acids is 1. The summed E-state index contributed by atoms with van der Waals surface area (Å²) in [4.78, 5) is 15.9. The monoisotopic (exact) mass is 308 g/mol. The molecule has 0 saturated heterocycles. The number of amides is 1. The van der Waals surface area contributed by atoms with Gasteiger partial charge < -0.3 is 10.2 Å². The van der Waals surface area contributed by atoms with Crippen LogP contribution in [0.1, 0.15) is 50.3 Å². The second-order valence-electron chi connectivity index (χ2n) is 6.40. The van der Waals surface area contributed by atoms with Gasteiger partial charge in [-0.3, -0.25) is 4.79 Å². The van der Waals surface area contributed by atoms with Crippen LogP contribution in [0.2, 0.25) is 0 Å². The summed E-state index contributed by atoms with van der Waals surface area (Å²) in [5.74, 6) is 0.273. The van der Waals surface area contributed by atoms with E-state index < -0.39 is 0 Å². The van der Waals surface area contributed by atoms with Crippen molar-refractivity contribution in [3.8, 4) is 0 Å². The van der Waals surface area contributed by atoms with E-state index in [0.29, 0.717) is 6.42 Å². The minimum atomic E-state index is 0.0340. The third kappa shape index (κ3) is 4.30. The molecule has 1 aliphatic rings. The number of hydrogen-bond acceptors (Lipinski definition) is 3. The smallest absolute Gasteiger partial charge is 0.224 e. The Labute approximate surface area is 132 Å². The van der Waals surface area contributed by atoms with Gasteiger partial charge in [0, 0.05) is 36.3 Å². The number of rotatable bonds is 6. The molecule has 0 bridgehead atoms. The van der Waals surface area contributed by atoms with Crippen LogP contribution in [0.15, 0.2) is 17.5 Å². The van der Waals surface area contributed by atoms with Crippen LogP contribution in [0.3, 0.4) is 0 Å². The van der Waals surface area contributed by atoms with Gasteiger partial charge in [0.25, 0.3) is 0 Å². The number of nitrogens with one attached hydrogen (secondary N) is 1. The summed E-state index contributed by atoms with van der Waals surface area (Å²) in [5.41, 5.74) is 0.0340. The first kappa shape index (κ1) is 16.5. The Morgan fingerprint density at radius 2 is 2.14 bits per heavy atom. The van der Waals surface area contributed by atoms with Crippen LogP contribution in [-0.4, -0.2) is 36.5 Å². The van der Waals surface area contributed by atoms with Gasteiger partial charge in [-0.05, 0) is 38.3 Å². The third-order valence-electron chi connectivity index (χ3n) is 4.96. The zero-order valence-corrected chi connectivity index (χ0v) is 14.3. The fourth-order valence-corrected chi connectivity index (χ4v) is 4.09. The third-order valence-corrected chi connectivity index (χ3v) is 5.86. The van der Waals surface area contributed by atoms with Crippen LogP contribution in [0.4, 0.5) is 0 Å². The van der Waals surface area contributed by atoms with E-state index in [1.54, 1.807) is 11.3 Å². The molecule has 0 aromatic carbocycles. The summed E-state index contributed by atoms with van der Waals surface area (Å²) in [6.07, 6.45) is 7.62. The molecule has 4 heteroatoms. The normalized spacial score (nSPS) is 19.2. The fourth-order valence-electron chi connectivity index (χ4n) is 3.26. The van der Waals surface area contributed by atoms with E-state index in [2.05, 4.69) is 29.8 Å². The Morgan fingerprint density at radius 1 is 1.43 bits per heavy atom. The largest absolute Gasteiger partial charge is 0.343 e. The summed E-state index contributed by atoms with van der Waals surface area (Å²) < 4.78 is 0. The first-order valence-electron chi connectivity index (χ1n) is 8.03. The number of likely N-dealkylation sites (N-methyl/N-ethyl adjacent to an activating group) is 1. The lowest BCUT2D eigenvalue weighted by molar-refractivity contribution is -0.133. The van der Waals surface area contributed by atoms with Gasteiger partial charge in [0.1, 0.15) is 0 Å². The van der Waals surface area contributed by atoms with Crippen molar-refractivity contribution in [1.82, 2.24) is 10.2 Å². The number of carbonyl (C=O) groups is 1. The summed E-state index contributed by atoms with van der Waals surface area (Å²) in [7, 11) is 3.96. The van der Waals surface area contributed by atoms with Crippen molar-refractivity contribution in [1.29, 1.82) is 0 Å². The molecule has 0 radical (unpaired) electrons. The Balaban J connectivity index is 1.91. The Hall–Kier alpha value is -0.870. The van der Waals surface area contributed by atoms with E-state index in [4.69, 9.17) is 0 Å². The minimum Gasteiger partial charge on any atom is -0.343 e. The molecule has 118 valence electrons. The molecule has 1 aromatic heterocycles. The van der Waals surface area contributed by atoms with Crippen LogP contribution in [0, 0.1) is 0 Å². The van der Waals surface area contributed by atoms with Gasteiger partial charge in [-0.15, -0.1) is 11.3 Å². The van der Waals surface area contributed by atoms with Crippen LogP contribution in [-0.2, 0) is 11.2 Å². The van der Waals surface area contributed by atoms with Gasteiger partial charge in [0.2, 0.25) is 5.91 Å². The van der Waals surface area contributed by atoms with E-state index in [1.807, 2.05) is 19.0 Å². The summed E-state index contributed by atoms with van der Waals surface area (Å²) in [6.45, 7) is 2.14. The highest BCUT2D eigenvalue weighted by Crippen LogP contribution is 2.31. The topological polar surface area (TPSA) is 32.3 Å². The first-order chi connectivity index (χ1) is 10.1. The highest BCUT2D eigenvalue weighted by Gasteiger charge is 2.34. The zero-order chi connectivity index (χ0) is 15.3. The van der Waals surface area contributed by atoms with Crippen molar-refractivity contribution < 1.29 is 4.79 Å². The van der Waals surface area contributed by atoms with Crippen molar-refractivity contribution in [3.05, 3.63) is 22.4 Å². The lowest BCUT2D eigenvalue weighted by atomic mass is 9.79. The van der Waals surface area contributed by atoms with Crippen molar-refractivity contribution >= 4 is 17.2 Å². The predicted molar refractivity (Wildman–Crippen MR) is 89.7 cm³/mol. The molecule has 1 amide bonds. The summed E-state index contributed by atoms with van der Waals surface area (Å²) in [6, 6.07) is 4.48. The van der Waals surface area contributed by atoms with E-state index in [-0.39, 0.29) is 17.5 Å². The fraction of sp³-hybridized carbons (Fsp3) is 0.706. The van der Waals surface area contributed by atoms with E-state index in [9.17, 15) is 4.79 Å². The van der Waals surface area contributed by atoms with E-state index >= 15 is 0 Å². The first-order valence-corrected chi connectivity index (χ1v) is 8.91. The van der Waals surface area contributed by atoms with Crippen LogP contribution in [0.25, 0.3) is 0 Å². The molecule has 1 unspecified atom stereocenters. The highest BCUT2D eigenvalue weighted by atomic mass is 32.1. The van der Waals surface area contributed by atoms with Gasteiger partial charge >= 0.3 is 0 Å². The molecular formula is C17H28N2OS. The molecule has 1 fully saturated rings. The maximum absolute atomic E-state index is 12.6. The van der Waals surface area contributed by atoms with E-state index in [0.717, 1.165) is 19.3 Å². The number of thiophene rings is 1. The standard InChI is InChI=1S/C17H28N2OS/c1-14(12-15-8-7-11-21-15)19(3)16(20)13-17(18-2)9-5-4-6-10-17/h7-8,11,14,18H,4-6,9-10,12-13H2,1-3H3. The van der Waals surface area contributed by atoms with Gasteiger partial charge in [0.15, 0.2) is 0 Å². The quantitative estimate of drug-likeness (QED) is 0.873. The minimum absolute atomic E-state index is 0.0340. The van der Waals surface area contributed by atoms with Crippen LogP contribution >= 0.6 is 11.3 Å². The second kappa shape index (κ2) is 7.41. The molecule has 1 N–H and O–H groups in total. The highest BCUT2D eigenvalue weighted by molar-refractivity contribution is 7.09. The Kier molecular flexibility index (Phi) is 5.82. The van der Waals surface area contributed by atoms with Crippen molar-refractivity contribution in [2.75, 3.05) is 14.1 Å². The van der Waals surface area contributed by atoms with E-state index in [1.165, 1.54) is 24.1 Å². The molecule has 1 atom stereocenters. The molecule has 1 aliphatic carbocycles. The van der Waals surface area contributed by atoms with Crippen molar-refractivity contribution in [3.63, 3.8) is 0 Å². The van der Waals surface area contributed by atoms with Gasteiger partial charge in [-0.1, -0.05) is 25.3 Å². The Bertz CT molecular complexity index is 438. The second-order valence-corrected chi connectivity index (χ2v) is 7.44. The molecule has 0 spiro atoms. The average Bonchev–Trinajstić information content (AvgIpc) is 3.00. The molecule has 1 heterocycles. The van der Waals surface area contributed by atoms with Crippen molar-refractivity contribution in [2.45, 2.75) is 63.5 Å². The SMILES string of the molecule is CNC1(CC(=O)N(C)C(C)Cc2cccs2)CCCCC1. The lowest BCUT2D eigenvalue weighted by Crippen LogP contribution is -2.49. The molecule has 1 aromatic rings. The number of hydrogen-bond donors (Lipinski definition) is 1. The van der Waals surface area contributed by atoms with Gasteiger partial charge in [0.05, 0.1) is 0 Å². The molecule has 1 saturated carbocycles. The Morgan fingerprint density at radius 3 is 2.71 bits per heavy atom. The van der Waals surface area contributed by atoms with Gasteiger partial charge in [-0.25, -0.2) is 0 Å². The zero-order valence-electron chi connectivity index (χ0n) is 13.5. The summed E-state index contributed by atoms with van der Waals surface area (Å²) in [5, 5.41) is 5.54. The molecule has 2 rings (SSSR count). The average molecular weight is 308 g/mol. The van der Waals surface area contributed by atoms with Gasteiger partial charge in [-0.2, -0.15) is 0 Å². The number of nitrogens with zero attached hydrogens (tertiary/aromatic N) is 1. The molecular weight excluding hydrogens is 280 g/mol.